The molecule has 0 aliphatic carbocycles. The Balaban J connectivity index is 1.86. The van der Waals surface area contributed by atoms with Gasteiger partial charge in [-0.2, -0.15) is 0 Å². The van der Waals surface area contributed by atoms with Gasteiger partial charge in [-0.25, -0.2) is 4.98 Å². The summed E-state index contributed by atoms with van der Waals surface area (Å²) in [6.45, 7) is 4.28. The van der Waals surface area contributed by atoms with Crippen LogP contribution >= 0.6 is 11.3 Å². The zero-order chi connectivity index (χ0) is 18.1. The molecule has 1 unspecified atom stereocenters. The Labute approximate surface area is 147 Å². The van der Waals surface area contributed by atoms with E-state index < -0.39 is 16.7 Å². The Hall–Kier alpha value is -2.65. The van der Waals surface area contributed by atoms with E-state index in [9.17, 15) is 19.7 Å². The van der Waals surface area contributed by atoms with Crippen LogP contribution < -0.4 is 0 Å². The van der Waals surface area contributed by atoms with Crippen LogP contribution in [0.4, 0.5) is 5.69 Å². The Morgan fingerprint density at radius 1 is 1.36 bits per heavy atom. The third-order valence-electron chi connectivity index (χ3n) is 3.83. The van der Waals surface area contributed by atoms with E-state index in [1.165, 1.54) is 29.5 Å². The van der Waals surface area contributed by atoms with E-state index in [4.69, 9.17) is 4.74 Å². The molecule has 9 heteroatoms. The van der Waals surface area contributed by atoms with Gasteiger partial charge in [0.2, 0.25) is 0 Å². The van der Waals surface area contributed by atoms with Crippen molar-refractivity contribution in [3.8, 4) is 0 Å². The summed E-state index contributed by atoms with van der Waals surface area (Å²) < 4.78 is 5.47. The lowest BCUT2D eigenvalue weighted by molar-refractivity contribution is -0.385. The van der Waals surface area contributed by atoms with Gasteiger partial charge in [-0.1, -0.05) is 6.07 Å². The van der Waals surface area contributed by atoms with Crippen LogP contribution in [-0.4, -0.2) is 33.2 Å². The number of ether oxygens (including phenoxy) is 1. The average Bonchev–Trinajstić information content (AvgIpc) is 3.15. The highest BCUT2D eigenvalue weighted by Crippen LogP contribution is 2.32. The number of hydrogen-bond donors (Lipinski definition) is 0. The average molecular weight is 361 g/mol. The maximum Gasteiger partial charge on any atom is 0.282 e. The minimum Gasteiger partial charge on any atom is -0.372 e. The second-order valence-corrected chi connectivity index (χ2v) is 6.32. The van der Waals surface area contributed by atoms with E-state index in [1.54, 1.807) is 5.38 Å². The van der Waals surface area contributed by atoms with Gasteiger partial charge in [0, 0.05) is 18.1 Å². The first kappa shape index (κ1) is 17.2. The highest BCUT2D eigenvalue weighted by Gasteiger charge is 2.41. The third kappa shape index (κ3) is 3.03. The van der Waals surface area contributed by atoms with E-state index in [1.807, 2.05) is 13.8 Å². The fourth-order valence-electron chi connectivity index (χ4n) is 2.68. The van der Waals surface area contributed by atoms with E-state index in [0.717, 1.165) is 9.91 Å². The number of fused-ring (bicyclic) bond motifs is 1. The number of benzene rings is 1. The summed E-state index contributed by atoms with van der Waals surface area (Å²) in [5, 5.41) is 13.6. The summed E-state index contributed by atoms with van der Waals surface area (Å²) in [4.78, 5) is 40.8. The van der Waals surface area contributed by atoms with Crippen LogP contribution in [0.5, 0.6) is 0 Å². The number of thiazole rings is 1. The van der Waals surface area contributed by atoms with Gasteiger partial charge in [0.1, 0.15) is 16.7 Å². The zero-order valence-electron chi connectivity index (χ0n) is 13.6. The minimum atomic E-state index is -0.667. The summed E-state index contributed by atoms with van der Waals surface area (Å²) in [5.74, 6) is -1.21. The van der Waals surface area contributed by atoms with Crippen LogP contribution in [0.3, 0.4) is 0 Å². The minimum absolute atomic E-state index is 0.0289. The maximum absolute atomic E-state index is 12.5. The Kier molecular flexibility index (Phi) is 4.60. The fraction of sp³-hybridized carbons (Fsp3) is 0.312. The number of amides is 2. The summed E-state index contributed by atoms with van der Waals surface area (Å²) in [6.07, 6.45) is -0.174. The number of hydrogen-bond acceptors (Lipinski definition) is 7. The molecule has 130 valence electrons. The van der Waals surface area contributed by atoms with Gasteiger partial charge in [0.05, 0.1) is 22.7 Å². The molecule has 0 fully saturated rings. The number of nitro groups is 1. The molecular weight excluding hydrogens is 346 g/mol. The molecule has 1 aliphatic rings. The second kappa shape index (κ2) is 6.69. The highest BCUT2D eigenvalue weighted by atomic mass is 32.1. The van der Waals surface area contributed by atoms with Gasteiger partial charge >= 0.3 is 0 Å². The number of nitrogens with zero attached hydrogens (tertiary/aromatic N) is 3. The Bertz CT molecular complexity index is 863. The largest absolute Gasteiger partial charge is 0.372 e. The van der Waals surface area contributed by atoms with Gasteiger partial charge in [-0.05, 0) is 19.9 Å². The van der Waals surface area contributed by atoms with E-state index in [0.29, 0.717) is 12.3 Å². The number of carbonyl (C=O) groups is 2. The van der Waals surface area contributed by atoms with Gasteiger partial charge in [-0.15, -0.1) is 11.3 Å². The van der Waals surface area contributed by atoms with Crippen molar-refractivity contribution in [2.45, 2.75) is 26.5 Å². The quantitative estimate of drug-likeness (QED) is 0.445. The molecule has 1 aliphatic heterocycles. The standard InChI is InChI=1S/C16H15N3O5S/c1-3-24-9(2)14-17-10(8-25-14)7-18-15(20)11-5-4-6-12(19(22)23)13(11)16(18)21/h4-6,8-9H,3,7H2,1-2H3. The van der Waals surface area contributed by atoms with Crippen molar-refractivity contribution < 1.29 is 19.2 Å². The molecule has 2 heterocycles. The highest BCUT2D eigenvalue weighted by molar-refractivity contribution is 7.09. The van der Waals surface area contributed by atoms with Crippen molar-refractivity contribution >= 4 is 28.8 Å². The third-order valence-corrected chi connectivity index (χ3v) is 4.88. The van der Waals surface area contributed by atoms with E-state index in [2.05, 4.69) is 4.98 Å². The van der Waals surface area contributed by atoms with Gasteiger partial charge < -0.3 is 4.74 Å². The van der Waals surface area contributed by atoms with Gasteiger partial charge in [0.25, 0.3) is 17.5 Å². The first-order chi connectivity index (χ1) is 11.9. The molecule has 1 atom stereocenters. The number of carbonyl (C=O) groups excluding carboxylic acids is 2. The van der Waals surface area contributed by atoms with Crippen molar-refractivity contribution in [1.29, 1.82) is 0 Å². The van der Waals surface area contributed by atoms with Crippen LogP contribution in [0.1, 0.15) is 51.4 Å². The van der Waals surface area contributed by atoms with Crippen molar-refractivity contribution in [1.82, 2.24) is 9.88 Å². The molecule has 8 nitrogen and oxygen atoms in total. The molecule has 0 radical (unpaired) electrons. The summed E-state index contributed by atoms with van der Waals surface area (Å²) in [6, 6.07) is 4.04. The molecule has 2 amide bonds. The summed E-state index contributed by atoms with van der Waals surface area (Å²) >= 11 is 1.38. The number of nitro benzene ring substituents is 1. The van der Waals surface area contributed by atoms with Gasteiger partial charge in [0.15, 0.2) is 0 Å². The second-order valence-electron chi connectivity index (χ2n) is 5.43. The monoisotopic (exact) mass is 361 g/mol. The van der Waals surface area contributed by atoms with Gasteiger partial charge in [-0.3, -0.25) is 24.6 Å². The molecule has 0 N–H and O–H groups in total. The molecule has 25 heavy (non-hydrogen) atoms. The van der Waals surface area contributed by atoms with Crippen LogP contribution in [0.25, 0.3) is 0 Å². The Morgan fingerprint density at radius 2 is 2.12 bits per heavy atom. The van der Waals surface area contributed by atoms with Crippen molar-refractivity contribution in [2.24, 2.45) is 0 Å². The smallest absolute Gasteiger partial charge is 0.282 e. The molecule has 0 saturated carbocycles. The first-order valence-corrected chi connectivity index (χ1v) is 8.51. The zero-order valence-corrected chi connectivity index (χ0v) is 14.4. The number of aromatic nitrogens is 1. The molecule has 1 aromatic heterocycles. The van der Waals surface area contributed by atoms with Crippen molar-refractivity contribution in [3.05, 3.63) is 55.5 Å². The van der Waals surface area contributed by atoms with Crippen molar-refractivity contribution in [2.75, 3.05) is 6.61 Å². The van der Waals surface area contributed by atoms with Crippen LogP contribution in [-0.2, 0) is 11.3 Å². The predicted molar refractivity (Wildman–Crippen MR) is 89.5 cm³/mol. The Morgan fingerprint density at radius 3 is 2.80 bits per heavy atom. The van der Waals surface area contributed by atoms with Crippen LogP contribution in [0.2, 0.25) is 0 Å². The molecule has 0 spiro atoms. The lowest BCUT2D eigenvalue weighted by atomic mass is 10.1. The predicted octanol–water partition coefficient (Wildman–Crippen LogP) is 2.95. The fourth-order valence-corrected chi connectivity index (χ4v) is 3.49. The van der Waals surface area contributed by atoms with Crippen LogP contribution in [0, 0.1) is 10.1 Å². The molecule has 0 bridgehead atoms. The molecule has 1 aromatic carbocycles. The van der Waals surface area contributed by atoms with E-state index >= 15 is 0 Å². The number of rotatable bonds is 6. The molecule has 0 saturated heterocycles. The topological polar surface area (TPSA) is 103 Å². The molecule has 3 rings (SSSR count). The maximum atomic E-state index is 12.5. The first-order valence-electron chi connectivity index (χ1n) is 7.63. The van der Waals surface area contributed by atoms with Crippen molar-refractivity contribution in [3.63, 3.8) is 0 Å². The lowest BCUT2D eigenvalue weighted by Gasteiger charge is -2.12. The summed E-state index contributed by atoms with van der Waals surface area (Å²) in [5.41, 5.74) is 0.0824. The summed E-state index contributed by atoms with van der Waals surface area (Å²) in [7, 11) is 0. The molecule has 2 aromatic rings. The lowest BCUT2D eigenvalue weighted by Crippen LogP contribution is -2.29. The SMILES string of the molecule is CCOC(C)c1nc(CN2C(=O)c3cccc([N+](=O)[O-])c3C2=O)cs1. The van der Waals surface area contributed by atoms with E-state index in [-0.39, 0.29) is 29.5 Å². The number of imide groups is 1. The normalized spacial score (nSPS) is 14.7. The van der Waals surface area contributed by atoms with Crippen LogP contribution in [0.15, 0.2) is 23.6 Å². The molecular formula is C16H15N3O5S.